The maximum absolute atomic E-state index is 2.38. The van der Waals surface area contributed by atoms with Crippen LogP contribution in [0.25, 0.3) is 0 Å². The minimum Gasteiger partial charge on any atom is -0.0654 e. The van der Waals surface area contributed by atoms with Gasteiger partial charge in [-0.15, -0.1) is 0 Å². The molecule has 0 spiro atoms. The van der Waals surface area contributed by atoms with Gasteiger partial charge in [-0.2, -0.15) is 0 Å². The average molecular weight is 513 g/mol. The molecular weight excluding hydrogens is 444 g/mol. The molecule has 37 heavy (non-hydrogen) atoms. The Hall–Kier alpha value is -0.780. The molecule has 0 bridgehead atoms. The highest BCUT2D eigenvalue weighted by Gasteiger charge is 2.11. The van der Waals surface area contributed by atoms with Crippen molar-refractivity contribution in [3.8, 4) is 0 Å². The van der Waals surface area contributed by atoms with Crippen molar-refractivity contribution in [2.24, 2.45) is 0 Å². The normalized spacial score (nSPS) is 11.5. The fourth-order valence-electron chi connectivity index (χ4n) is 6.02. The lowest BCUT2D eigenvalue weighted by Crippen LogP contribution is -1.99. The van der Waals surface area contributed by atoms with Crippen molar-refractivity contribution in [1.82, 2.24) is 0 Å². The first-order valence-corrected chi connectivity index (χ1v) is 17.4. The van der Waals surface area contributed by atoms with Crippen LogP contribution < -0.4 is 0 Å². The standard InChI is InChI=1S/C37H68/c1-3-5-7-9-11-13-15-17-19-21-23-25-28-32-36(37-34-30-27-31-35-37)33-29-26-24-22-20-18-16-14-12-10-8-6-4-2/h27,30-31,34-36H,3-26,28-29,32-33H2,1-2H3. The van der Waals surface area contributed by atoms with Crippen molar-refractivity contribution in [1.29, 1.82) is 0 Å². The Balaban J connectivity index is 2.01. The van der Waals surface area contributed by atoms with Gasteiger partial charge in [-0.3, -0.25) is 0 Å². The van der Waals surface area contributed by atoms with E-state index in [4.69, 9.17) is 0 Å². The highest BCUT2D eigenvalue weighted by Crippen LogP contribution is 2.29. The zero-order valence-electron chi connectivity index (χ0n) is 25.8. The van der Waals surface area contributed by atoms with E-state index >= 15 is 0 Å². The van der Waals surface area contributed by atoms with Crippen LogP contribution >= 0.6 is 0 Å². The SMILES string of the molecule is CCCCCCCCCCCCCCCC(CCCCCCCCCCCCCCC)c1ccccc1. The second-order valence-corrected chi connectivity index (χ2v) is 12.2. The summed E-state index contributed by atoms with van der Waals surface area (Å²) in [4.78, 5) is 0. The first kappa shape index (κ1) is 34.2. The third kappa shape index (κ3) is 22.9. The van der Waals surface area contributed by atoms with Crippen LogP contribution in [0.1, 0.15) is 205 Å². The second kappa shape index (κ2) is 28.2. The van der Waals surface area contributed by atoms with E-state index in [1.165, 1.54) is 180 Å². The molecule has 0 amide bonds. The third-order valence-corrected chi connectivity index (χ3v) is 8.58. The first-order chi connectivity index (χ1) is 18.4. The van der Waals surface area contributed by atoms with Crippen LogP contribution in [0.15, 0.2) is 30.3 Å². The van der Waals surface area contributed by atoms with Crippen molar-refractivity contribution in [2.45, 2.75) is 200 Å². The summed E-state index contributed by atoms with van der Waals surface area (Å²) in [7, 11) is 0. The Morgan fingerprint density at radius 2 is 0.622 bits per heavy atom. The molecule has 0 atom stereocenters. The van der Waals surface area contributed by atoms with Crippen LogP contribution in [0.5, 0.6) is 0 Å². The molecule has 1 aromatic carbocycles. The van der Waals surface area contributed by atoms with Crippen molar-refractivity contribution in [3.05, 3.63) is 35.9 Å². The summed E-state index contributed by atoms with van der Waals surface area (Å²) in [6.45, 7) is 4.62. The van der Waals surface area contributed by atoms with E-state index in [9.17, 15) is 0 Å². The van der Waals surface area contributed by atoms with Gasteiger partial charge in [-0.25, -0.2) is 0 Å². The molecule has 0 saturated heterocycles. The van der Waals surface area contributed by atoms with Gasteiger partial charge in [0.15, 0.2) is 0 Å². The number of rotatable bonds is 29. The summed E-state index contributed by atoms with van der Waals surface area (Å²) in [5.41, 5.74) is 1.60. The molecular formula is C37H68. The quantitative estimate of drug-likeness (QED) is 0.0936. The number of hydrogen-bond acceptors (Lipinski definition) is 0. The Kier molecular flexibility index (Phi) is 26.1. The molecule has 0 aromatic heterocycles. The molecule has 1 rings (SSSR count). The van der Waals surface area contributed by atoms with Gasteiger partial charge in [-0.05, 0) is 24.3 Å². The van der Waals surface area contributed by atoms with Gasteiger partial charge in [0.2, 0.25) is 0 Å². The van der Waals surface area contributed by atoms with E-state index in [1.54, 1.807) is 5.56 Å². The van der Waals surface area contributed by atoms with Crippen LogP contribution in [0.3, 0.4) is 0 Å². The van der Waals surface area contributed by atoms with Crippen molar-refractivity contribution >= 4 is 0 Å². The summed E-state index contributed by atoms with van der Waals surface area (Å²) >= 11 is 0. The molecule has 0 heteroatoms. The van der Waals surface area contributed by atoms with Crippen LogP contribution in [0, 0.1) is 0 Å². The Bertz CT molecular complexity index is 502. The largest absolute Gasteiger partial charge is 0.0654 e. The van der Waals surface area contributed by atoms with E-state index < -0.39 is 0 Å². The summed E-state index contributed by atoms with van der Waals surface area (Å²) in [5, 5.41) is 0. The smallest absolute Gasteiger partial charge is 0.0162 e. The van der Waals surface area contributed by atoms with E-state index in [1.807, 2.05) is 0 Å². The molecule has 0 N–H and O–H groups in total. The summed E-state index contributed by atoms with van der Waals surface area (Å²) in [6, 6.07) is 11.4. The molecule has 216 valence electrons. The predicted molar refractivity (Wildman–Crippen MR) is 170 cm³/mol. The molecule has 0 unspecified atom stereocenters. The second-order valence-electron chi connectivity index (χ2n) is 12.2. The molecule has 0 heterocycles. The van der Waals surface area contributed by atoms with Gasteiger partial charge in [0.1, 0.15) is 0 Å². The van der Waals surface area contributed by atoms with Crippen LogP contribution in [0.4, 0.5) is 0 Å². The molecule has 0 aliphatic carbocycles. The Morgan fingerprint density at radius 1 is 0.351 bits per heavy atom. The van der Waals surface area contributed by atoms with Gasteiger partial charge >= 0.3 is 0 Å². The zero-order chi connectivity index (χ0) is 26.5. The Labute approximate surface area is 235 Å². The van der Waals surface area contributed by atoms with Gasteiger partial charge in [-0.1, -0.05) is 211 Å². The van der Waals surface area contributed by atoms with Crippen LogP contribution in [-0.2, 0) is 0 Å². The van der Waals surface area contributed by atoms with E-state index in [0.29, 0.717) is 0 Å². The first-order valence-electron chi connectivity index (χ1n) is 17.4. The molecule has 0 fully saturated rings. The zero-order valence-corrected chi connectivity index (χ0v) is 25.8. The topological polar surface area (TPSA) is 0 Å². The maximum atomic E-state index is 2.38. The highest BCUT2D eigenvalue weighted by molar-refractivity contribution is 5.19. The van der Waals surface area contributed by atoms with E-state index in [-0.39, 0.29) is 0 Å². The lowest BCUT2D eigenvalue weighted by atomic mass is 9.88. The number of unbranched alkanes of at least 4 members (excludes halogenated alkanes) is 24. The van der Waals surface area contributed by atoms with Gasteiger partial charge < -0.3 is 0 Å². The van der Waals surface area contributed by atoms with Gasteiger partial charge in [0.25, 0.3) is 0 Å². The average Bonchev–Trinajstić information content (AvgIpc) is 2.93. The van der Waals surface area contributed by atoms with Crippen molar-refractivity contribution in [2.75, 3.05) is 0 Å². The summed E-state index contributed by atoms with van der Waals surface area (Å²) in [6.07, 6.45) is 40.6. The minimum absolute atomic E-state index is 0.793. The molecule has 0 aliphatic heterocycles. The van der Waals surface area contributed by atoms with Gasteiger partial charge in [0.05, 0.1) is 0 Å². The summed E-state index contributed by atoms with van der Waals surface area (Å²) < 4.78 is 0. The van der Waals surface area contributed by atoms with Gasteiger partial charge in [0, 0.05) is 0 Å². The van der Waals surface area contributed by atoms with Crippen LogP contribution in [0.2, 0.25) is 0 Å². The van der Waals surface area contributed by atoms with E-state index in [2.05, 4.69) is 44.2 Å². The highest BCUT2D eigenvalue weighted by atomic mass is 14.2. The fourth-order valence-corrected chi connectivity index (χ4v) is 6.02. The Morgan fingerprint density at radius 3 is 0.919 bits per heavy atom. The lowest BCUT2D eigenvalue weighted by Gasteiger charge is -2.17. The predicted octanol–water partition coefficient (Wildman–Crippen LogP) is 13.7. The monoisotopic (exact) mass is 513 g/mol. The number of benzene rings is 1. The molecule has 0 nitrogen and oxygen atoms in total. The van der Waals surface area contributed by atoms with E-state index in [0.717, 1.165) is 5.92 Å². The molecule has 0 aliphatic rings. The third-order valence-electron chi connectivity index (χ3n) is 8.58. The van der Waals surface area contributed by atoms with Crippen LogP contribution in [-0.4, -0.2) is 0 Å². The molecule has 0 radical (unpaired) electrons. The molecule has 0 saturated carbocycles. The fraction of sp³-hybridized carbons (Fsp3) is 0.838. The molecule has 1 aromatic rings. The van der Waals surface area contributed by atoms with Crippen molar-refractivity contribution < 1.29 is 0 Å². The van der Waals surface area contributed by atoms with Crippen molar-refractivity contribution in [3.63, 3.8) is 0 Å². The lowest BCUT2D eigenvalue weighted by molar-refractivity contribution is 0.480. The summed E-state index contributed by atoms with van der Waals surface area (Å²) in [5.74, 6) is 0.793. The minimum atomic E-state index is 0.793. The maximum Gasteiger partial charge on any atom is -0.0162 e. The number of hydrogen-bond donors (Lipinski definition) is 0.